The van der Waals surface area contributed by atoms with Gasteiger partial charge >= 0.3 is 18.2 Å². The minimum Gasteiger partial charge on any atom is -0.451 e. The summed E-state index contributed by atoms with van der Waals surface area (Å²) in [5.74, 6) is 1.06. The van der Waals surface area contributed by atoms with Crippen LogP contribution >= 0.6 is 0 Å². The molecule has 0 bridgehead atoms. The Morgan fingerprint density at radius 3 is 1.46 bits per heavy atom. The van der Waals surface area contributed by atoms with E-state index in [4.69, 9.17) is 33.8 Å². The van der Waals surface area contributed by atoms with Crippen molar-refractivity contribution in [2.45, 2.75) is 137 Å². The summed E-state index contributed by atoms with van der Waals surface area (Å²) in [5.41, 5.74) is 6.39. The van der Waals surface area contributed by atoms with Gasteiger partial charge in [0.1, 0.15) is 58.3 Å². The van der Waals surface area contributed by atoms with Crippen molar-refractivity contribution in [1.29, 1.82) is 0 Å². The number of amides is 2. The number of anilines is 2. The van der Waals surface area contributed by atoms with Crippen LogP contribution in [0.4, 0.5) is 21.2 Å². The number of fused-ring (bicyclic) bond motifs is 4. The van der Waals surface area contributed by atoms with Gasteiger partial charge in [-0.15, -0.1) is 0 Å². The molecule has 4 unspecified atom stereocenters. The molecule has 2 aromatic carbocycles. The number of nitrogens with zero attached hydrogens (tertiary/aromatic N) is 14. The standard InChI is InChI=1S/C32H39N7O5.C30H37N7O4/c1-20-9-10-24-23(18-36-39(24)25-8-6-7-17-42-25)26(20)29(43-21(2)40)28-27-22(11-12-33-28)30(35-19-34-27)37-13-15-38(16-14-37)31(41)44-32(3,4)5;1-19-8-9-22-21(17-34-37(22)23-7-5-6-16-40-23)24(19)27(38)26-25-20(10-11-31-26)28(33-18-32-25)35-12-14-36(15-13-35)29(39)41-30(2,3)4/h9-12,18-19,25,29H,6-8,13-17H2,1-5H3;8-11,17-18,23,27,38H,5-7,12-16H2,1-4H3. The van der Waals surface area contributed by atoms with Gasteiger partial charge in [0, 0.05) is 118 Å². The third kappa shape index (κ3) is 12.5. The van der Waals surface area contributed by atoms with Crippen LogP contribution in [0, 0.1) is 13.8 Å². The van der Waals surface area contributed by atoms with Crippen LogP contribution in [0.25, 0.3) is 43.6 Å². The maximum Gasteiger partial charge on any atom is 0.410 e. The highest BCUT2D eigenvalue weighted by atomic mass is 16.6. The highest BCUT2D eigenvalue weighted by Crippen LogP contribution is 2.40. The largest absolute Gasteiger partial charge is 0.451 e. The van der Waals surface area contributed by atoms with Gasteiger partial charge in [0.05, 0.1) is 29.1 Å². The second kappa shape index (κ2) is 24.4. The van der Waals surface area contributed by atoms with Gasteiger partial charge in [0.15, 0.2) is 18.6 Å². The number of esters is 1. The minimum atomic E-state index is -1.01. The predicted octanol–water partition coefficient (Wildman–Crippen LogP) is 9.61. The smallest absolute Gasteiger partial charge is 0.410 e. The van der Waals surface area contributed by atoms with Crippen LogP contribution in [-0.2, 0) is 28.5 Å². The molecule has 0 aliphatic carbocycles. The molecule has 8 aromatic rings. The third-order valence-electron chi connectivity index (χ3n) is 15.8. The lowest BCUT2D eigenvalue weighted by Crippen LogP contribution is -2.50. The maximum atomic E-state index is 12.6. The first-order valence-electron chi connectivity index (χ1n) is 29.5. The summed E-state index contributed by atoms with van der Waals surface area (Å²) in [4.78, 5) is 73.2. The van der Waals surface area contributed by atoms with Gasteiger partial charge in [-0.2, -0.15) is 10.2 Å². The normalized spacial score (nSPS) is 18.8. The van der Waals surface area contributed by atoms with Crippen LogP contribution in [0.2, 0.25) is 0 Å². The Morgan fingerprint density at radius 1 is 0.565 bits per heavy atom. The van der Waals surface area contributed by atoms with Crippen molar-refractivity contribution in [2.24, 2.45) is 0 Å². The van der Waals surface area contributed by atoms with Crippen LogP contribution in [0.15, 0.2) is 73.8 Å². The maximum absolute atomic E-state index is 12.6. The fourth-order valence-electron chi connectivity index (χ4n) is 11.8. The first kappa shape index (κ1) is 58.6. The Bertz CT molecular complexity index is 3730. The van der Waals surface area contributed by atoms with Crippen molar-refractivity contribution in [3.05, 3.63) is 107 Å². The van der Waals surface area contributed by atoms with Crippen molar-refractivity contribution in [3.8, 4) is 0 Å². The Kier molecular flexibility index (Phi) is 16.9. The van der Waals surface area contributed by atoms with Gasteiger partial charge < -0.3 is 48.4 Å². The van der Waals surface area contributed by atoms with E-state index in [-0.39, 0.29) is 24.6 Å². The number of pyridine rings is 2. The Balaban J connectivity index is 0.000000177. The van der Waals surface area contributed by atoms with E-state index in [2.05, 4.69) is 39.8 Å². The molecule has 12 rings (SSSR count). The Labute approximate surface area is 493 Å². The molecule has 4 fully saturated rings. The molecule has 4 aliphatic heterocycles. The van der Waals surface area contributed by atoms with E-state index in [1.165, 1.54) is 19.6 Å². The zero-order chi connectivity index (χ0) is 59.7. The van der Waals surface area contributed by atoms with Crippen molar-refractivity contribution in [3.63, 3.8) is 0 Å². The van der Waals surface area contributed by atoms with Crippen LogP contribution in [0.5, 0.6) is 0 Å². The molecule has 1 N–H and O–H groups in total. The molecule has 4 aliphatic rings. The number of ether oxygens (including phenoxy) is 5. The van der Waals surface area contributed by atoms with E-state index in [1.807, 2.05) is 114 Å². The van der Waals surface area contributed by atoms with Gasteiger partial charge in [-0.3, -0.25) is 14.8 Å². The van der Waals surface area contributed by atoms with Gasteiger partial charge in [-0.1, -0.05) is 12.1 Å². The van der Waals surface area contributed by atoms with E-state index in [0.717, 1.165) is 112 Å². The van der Waals surface area contributed by atoms with Gasteiger partial charge in [-0.25, -0.2) is 38.9 Å². The van der Waals surface area contributed by atoms with Crippen molar-refractivity contribution in [2.75, 3.05) is 75.4 Å². The highest BCUT2D eigenvalue weighted by Gasteiger charge is 2.33. The number of aryl methyl sites for hydroxylation is 2. The van der Waals surface area contributed by atoms with E-state index in [1.54, 1.807) is 22.2 Å². The number of hydrogen-bond acceptors (Lipinski definition) is 19. The molecule has 2 amide bonds. The third-order valence-corrected chi connectivity index (χ3v) is 15.8. The second-order valence-corrected chi connectivity index (χ2v) is 24.2. The monoisotopic (exact) mass is 1160 g/mol. The Hall–Kier alpha value is -8.15. The zero-order valence-electron chi connectivity index (χ0n) is 50.0. The minimum absolute atomic E-state index is 0.101. The fraction of sp³-hybridized carbons (Fsp3) is 0.500. The SMILES string of the molecule is CC(=O)OC(c1c(C)ccc2c1cnn2C1CCCCO1)c1nccc2c(N3CCN(C(=O)OC(C)(C)C)CC3)ncnc12.Cc1ccc2c(cnn2C2CCCCO2)c1C(O)c1nccc2c(N3CCN(C(=O)OC(C)(C)C)CC3)ncnc12. The summed E-state index contributed by atoms with van der Waals surface area (Å²) in [6, 6.07) is 11.9. The van der Waals surface area contributed by atoms with Crippen LogP contribution in [0.1, 0.15) is 145 Å². The molecule has 23 nitrogen and oxygen atoms in total. The van der Waals surface area contributed by atoms with Gasteiger partial charge in [-0.05, 0) is 129 Å². The number of hydrogen-bond donors (Lipinski definition) is 1. The summed E-state index contributed by atoms with van der Waals surface area (Å²) < 4.78 is 33.0. The predicted molar refractivity (Wildman–Crippen MR) is 319 cm³/mol. The van der Waals surface area contributed by atoms with Crippen molar-refractivity contribution in [1.82, 2.24) is 59.3 Å². The number of aliphatic hydroxyl groups excluding tert-OH is 1. The number of rotatable bonds is 9. The topological polar surface area (TPSA) is 244 Å². The fourth-order valence-corrected chi connectivity index (χ4v) is 11.8. The van der Waals surface area contributed by atoms with Crippen molar-refractivity contribution >= 4 is 73.4 Å². The molecule has 23 heteroatoms. The Morgan fingerprint density at radius 2 is 1.01 bits per heavy atom. The molecular weight excluding hydrogens is 1080 g/mol. The number of aliphatic hydroxyl groups is 1. The molecule has 0 saturated carbocycles. The summed E-state index contributed by atoms with van der Waals surface area (Å²) >= 11 is 0. The summed E-state index contributed by atoms with van der Waals surface area (Å²) in [6.45, 7) is 22.4. The number of aromatic nitrogens is 10. The molecule has 6 aromatic heterocycles. The molecule has 0 spiro atoms. The number of carbonyl (C=O) groups excluding carboxylic acids is 3. The number of carbonyl (C=O) groups is 3. The van der Waals surface area contributed by atoms with Gasteiger partial charge in [0.2, 0.25) is 0 Å². The number of benzene rings is 2. The van der Waals surface area contributed by atoms with Gasteiger partial charge in [0.25, 0.3) is 0 Å². The molecule has 448 valence electrons. The second-order valence-electron chi connectivity index (χ2n) is 24.2. The lowest BCUT2D eigenvalue weighted by Gasteiger charge is -2.36. The van der Waals surface area contributed by atoms with E-state index in [9.17, 15) is 19.5 Å². The average molecular weight is 1160 g/mol. The van der Waals surface area contributed by atoms with E-state index >= 15 is 0 Å². The summed E-state index contributed by atoms with van der Waals surface area (Å²) in [7, 11) is 0. The molecule has 4 atom stereocenters. The first-order chi connectivity index (χ1) is 40.8. The lowest BCUT2D eigenvalue weighted by atomic mass is 9.95. The van der Waals surface area contributed by atoms with Crippen LogP contribution in [-0.4, -0.2) is 159 Å². The molecule has 0 radical (unpaired) electrons. The first-order valence-corrected chi connectivity index (χ1v) is 29.5. The average Bonchev–Trinajstić information content (AvgIpc) is 4.24. The van der Waals surface area contributed by atoms with Crippen LogP contribution in [0.3, 0.4) is 0 Å². The molecule has 10 heterocycles. The molecule has 85 heavy (non-hydrogen) atoms. The van der Waals surface area contributed by atoms with E-state index in [0.29, 0.717) is 81.4 Å². The number of piperazine rings is 2. The molecular formula is C62H76N14O9. The lowest BCUT2D eigenvalue weighted by molar-refractivity contribution is -0.144. The van der Waals surface area contributed by atoms with Crippen molar-refractivity contribution < 1.29 is 43.2 Å². The highest BCUT2D eigenvalue weighted by molar-refractivity contribution is 5.94. The quantitative estimate of drug-likeness (QED) is 0.104. The van der Waals surface area contributed by atoms with Crippen LogP contribution < -0.4 is 9.80 Å². The van der Waals surface area contributed by atoms with E-state index < -0.39 is 29.4 Å². The summed E-state index contributed by atoms with van der Waals surface area (Å²) in [5, 5.41) is 24.5. The summed E-state index contributed by atoms with van der Waals surface area (Å²) in [6.07, 6.45) is 13.5. The zero-order valence-corrected chi connectivity index (χ0v) is 50.0. The molecule has 4 saturated heterocycles.